The van der Waals surface area contributed by atoms with Gasteiger partial charge in [0.25, 0.3) is 10.0 Å². The van der Waals surface area contributed by atoms with Crippen LogP contribution in [0, 0.1) is 18.6 Å². The number of hydrogen-bond acceptors (Lipinski definition) is 3. The number of rotatable bonds is 4. The Morgan fingerprint density at radius 1 is 1.16 bits per heavy atom. The molecule has 3 N–H and O–H groups in total. The second-order valence-corrected chi connectivity index (χ2v) is 7.07. The van der Waals surface area contributed by atoms with Gasteiger partial charge in [0.1, 0.15) is 17.3 Å². The molecule has 0 amide bonds. The van der Waals surface area contributed by atoms with Gasteiger partial charge in [0.05, 0.1) is 10.6 Å². The molecule has 130 valence electrons. The summed E-state index contributed by atoms with van der Waals surface area (Å²) in [5.41, 5.74) is -0.343. The second-order valence-electron chi connectivity index (χ2n) is 5.39. The summed E-state index contributed by atoms with van der Waals surface area (Å²) in [6.07, 6.45) is 0. The van der Waals surface area contributed by atoms with Crippen molar-refractivity contribution in [3.05, 3.63) is 59.3 Å². The Bertz CT molecular complexity index is 1110. The van der Waals surface area contributed by atoms with E-state index in [-0.39, 0.29) is 27.0 Å². The summed E-state index contributed by atoms with van der Waals surface area (Å²) in [7, 11) is -4.21. The fourth-order valence-electron chi connectivity index (χ4n) is 2.41. The van der Waals surface area contributed by atoms with Gasteiger partial charge in [0.2, 0.25) is 0 Å². The van der Waals surface area contributed by atoms with Crippen molar-refractivity contribution in [1.82, 2.24) is 4.98 Å². The van der Waals surface area contributed by atoms with Crippen molar-refractivity contribution in [3.8, 4) is 0 Å². The molecule has 0 saturated heterocycles. The number of fused-ring (bicyclic) bond motifs is 1. The van der Waals surface area contributed by atoms with Crippen molar-refractivity contribution in [2.45, 2.75) is 11.8 Å². The zero-order chi connectivity index (χ0) is 18.4. The number of sulfonamides is 1. The maximum Gasteiger partial charge on any atom is 0.354 e. The molecule has 3 rings (SSSR count). The molecule has 0 radical (unpaired) electrons. The summed E-state index contributed by atoms with van der Waals surface area (Å²) >= 11 is 0. The van der Waals surface area contributed by atoms with E-state index in [4.69, 9.17) is 0 Å². The highest BCUT2D eigenvalue weighted by Gasteiger charge is 2.23. The average Bonchev–Trinajstić information content (AvgIpc) is 2.87. The Kier molecular flexibility index (Phi) is 3.96. The van der Waals surface area contributed by atoms with Crippen LogP contribution in [0.2, 0.25) is 0 Å². The van der Waals surface area contributed by atoms with Crippen molar-refractivity contribution in [2.24, 2.45) is 0 Å². The molecule has 2 aromatic carbocycles. The van der Waals surface area contributed by atoms with Gasteiger partial charge in [-0.2, -0.15) is 0 Å². The fourth-order valence-corrected chi connectivity index (χ4v) is 3.59. The van der Waals surface area contributed by atoms with Crippen molar-refractivity contribution in [2.75, 3.05) is 4.72 Å². The van der Waals surface area contributed by atoms with Crippen LogP contribution in [0.15, 0.2) is 41.3 Å². The Hall–Kier alpha value is -2.94. The number of nitrogens with one attached hydrogen (secondary N) is 2. The van der Waals surface area contributed by atoms with Crippen LogP contribution in [0.5, 0.6) is 0 Å². The van der Waals surface area contributed by atoms with E-state index in [1.165, 1.54) is 13.0 Å². The summed E-state index contributed by atoms with van der Waals surface area (Å²) in [5, 5.41) is 9.34. The molecule has 0 aliphatic carbocycles. The molecule has 1 heterocycles. The molecule has 0 bridgehead atoms. The number of carbonyl (C=O) groups is 1. The number of hydrogen-bond donors (Lipinski definition) is 3. The Morgan fingerprint density at radius 2 is 1.88 bits per heavy atom. The molecule has 25 heavy (non-hydrogen) atoms. The summed E-state index contributed by atoms with van der Waals surface area (Å²) in [6.45, 7) is 1.40. The zero-order valence-corrected chi connectivity index (χ0v) is 13.6. The monoisotopic (exact) mass is 366 g/mol. The molecular formula is C16H12F2N2O4S. The third-order valence-corrected chi connectivity index (χ3v) is 5.00. The van der Waals surface area contributed by atoms with Crippen LogP contribution in [-0.2, 0) is 10.0 Å². The molecule has 0 aliphatic heterocycles. The number of aromatic carboxylic acids is 1. The van der Waals surface area contributed by atoms with Crippen LogP contribution in [-0.4, -0.2) is 24.5 Å². The number of aromatic nitrogens is 1. The van der Waals surface area contributed by atoms with E-state index in [0.29, 0.717) is 0 Å². The molecule has 3 aromatic rings. The SMILES string of the molecule is Cc1cc(S(=O)(=O)Nc2c(C(=O)O)[nH]c3ccc(F)cc23)ccc1F. The lowest BCUT2D eigenvalue weighted by atomic mass is 10.2. The van der Waals surface area contributed by atoms with Crippen LogP contribution in [0.3, 0.4) is 0 Å². The molecule has 0 unspecified atom stereocenters. The van der Waals surface area contributed by atoms with Crippen molar-refractivity contribution >= 4 is 32.6 Å². The molecule has 0 aliphatic rings. The number of anilines is 1. The molecule has 0 atom stereocenters. The highest BCUT2D eigenvalue weighted by atomic mass is 32.2. The van der Waals surface area contributed by atoms with Crippen molar-refractivity contribution < 1.29 is 27.1 Å². The van der Waals surface area contributed by atoms with E-state index in [1.807, 2.05) is 0 Å². The van der Waals surface area contributed by atoms with Gasteiger partial charge in [-0.1, -0.05) is 0 Å². The quantitative estimate of drug-likeness (QED) is 0.660. The Morgan fingerprint density at radius 3 is 2.52 bits per heavy atom. The normalized spacial score (nSPS) is 11.6. The van der Waals surface area contributed by atoms with E-state index in [1.54, 1.807) is 0 Å². The molecule has 0 saturated carbocycles. The number of aromatic amines is 1. The van der Waals surface area contributed by atoms with E-state index in [0.717, 1.165) is 30.3 Å². The first-order chi connectivity index (χ1) is 11.7. The number of carboxylic acid groups (broad SMARTS) is 1. The van der Waals surface area contributed by atoms with Crippen LogP contribution < -0.4 is 4.72 Å². The maximum absolute atomic E-state index is 13.5. The fraction of sp³-hybridized carbons (Fsp3) is 0.0625. The Labute approximate surface area is 141 Å². The molecular weight excluding hydrogens is 354 g/mol. The molecule has 0 fully saturated rings. The highest BCUT2D eigenvalue weighted by molar-refractivity contribution is 7.92. The van der Waals surface area contributed by atoms with E-state index < -0.39 is 33.3 Å². The lowest BCUT2D eigenvalue weighted by Crippen LogP contribution is -2.15. The third kappa shape index (κ3) is 3.05. The number of aryl methyl sites for hydroxylation is 1. The third-order valence-electron chi connectivity index (χ3n) is 3.65. The minimum absolute atomic E-state index is 0.0693. The van der Waals surface area contributed by atoms with Crippen molar-refractivity contribution in [3.63, 3.8) is 0 Å². The Balaban J connectivity index is 2.15. The minimum Gasteiger partial charge on any atom is -0.477 e. The predicted octanol–water partition coefficient (Wildman–Crippen LogP) is 3.25. The van der Waals surface area contributed by atoms with Gasteiger partial charge >= 0.3 is 5.97 Å². The molecule has 6 nitrogen and oxygen atoms in total. The lowest BCUT2D eigenvalue weighted by molar-refractivity contribution is 0.0692. The topological polar surface area (TPSA) is 99.3 Å². The number of carboxylic acids is 1. The second kappa shape index (κ2) is 5.85. The zero-order valence-electron chi connectivity index (χ0n) is 12.8. The summed E-state index contributed by atoms with van der Waals surface area (Å²) < 4.78 is 54.1. The van der Waals surface area contributed by atoms with Gasteiger partial charge in [0, 0.05) is 10.9 Å². The molecule has 0 spiro atoms. The molecule has 1 aromatic heterocycles. The number of H-pyrrole nitrogens is 1. The standard InChI is InChI=1S/C16H12F2N2O4S/c1-8-6-10(3-4-12(8)18)25(23,24)20-14-11-7-9(17)2-5-13(11)19-15(14)16(21)22/h2-7,19-20H,1H3,(H,21,22). The van der Waals surface area contributed by atoms with E-state index in [9.17, 15) is 27.1 Å². The summed E-state index contributed by atoms with van der Waals surface area (Å²) in [5.74, 6) is -2.63. The van der Waals surface area contributed by atoms with Gasteiger partial charge in [-0.05, 0) is 48.9 Å². The highest BCUT2D eigenvalue weighted by Crippen LogP contribution is 2.31. The lowest BCUT2D eigenvalue weighted by Gasteiger charge is -2.09. The van der Waals surface area contributed by atoms with Crippen LogP contribution in [0.4, 0.5) is 14.5 Å². The summed E-state index contributed by atoms with van der Waals surface area (Å²) in [4.78, 5) is 13.7. The van der Waals surface area contributed by atoms with Gasteiger partial charge in [-0.3, -0.25) is 4.72 Å². The molecule has 9 heteroatoms. The number of benzene rings is 2. The van der Waals surface area contributed by atoms with E-state index in [2.05, 4.69) is 9.71 Å². The smallest absolute Gasteiger partial charge is 0.354 e. The van der Waals surface area contributed by atoms with Crippen LogP contribution in [0.25, 0.3) is 10.9 Å². The maximum atomic E-state index is 13.5. The first-order valence-corrected chi connectivity index (χ1v) is 8.51. The minimum atomic E-state index is -4.21. The predicted molar refractivity (Wildman–Crippen MR) is 87.2 cm³/mol. The first-order valence-electron chi connectivity index (χ1n) is 7.02. The van der Waals surface area contributed by atoms with Gasteiger partial charge < -0.3 is 10.1 Å². The van der Waals surface area contributed by atoms with Crippen LogP contribution >= 0.6 is 0 Å². The number of halogens is 2. The van der Waals surface area contributed by atoms with Gasteiger partial charge in [-0.25, -0.2) is 22.0 Å². The van der Waals surface area contributed by atoms with Gasteiger partial charge in [-0.15, -0.1) is 0 Å². The summed E-state index contributed by atoms with van der Waals surface area (Å²) in [6, 6.07) is 6.61. The van der Waals surface area contributed by atoms with Gasteiger partial charge in [0.15, 0.2) is 0 Å². The van der Waals surface area contributed by atoms with Crippen molar-refractivity contribution in [1.29, 1.82) is 0 Å². The largest absolute Gasteiger partial charge is 0.477 e. The van der Waals surface area contributed by atoms with E-state index >= 15 is 0 Å². The van der Waals surface area contributed by atoms with Crippen LogP contribution in [0.1, 0.15) is 16.1 Å². The first kappa shape index (κ1) is 16.9. The average molecular weight is 366 g/mol.